The van der Waals surface area contributed by atoms with E-state index in [1.807, 2.05) is 4.90 Å². The molecule has 0 aromatic carbocycles. The van der Waals surface area contributed by atoms with Crippen LogP contribution in [0.3, 0.4) is 0 Å². The Kier molecular flexibility index (Phi) is 3.26. The molecule has 1 atom stereocenters. The SMILES string of the molecule is CC(C)N(C(=O)C1CNCCO1)C1CC1. The van der Waals surface area contributed by atoms with E-state index in [-0.39, 0.29) is 18.1 Å². The molecule has 1 aliphatic carbocycles. The molecule has 1 N–H and O–H groups in total. The maximum Gasteiger partial charge on any atom is 0.253 e. The topological polar surface area (TPSA) is 41.6 Å². The number of nitrogens with zero attached hydrogens (tertiary/aromatic N) is 1. The molecular weight excluding hydrogens is 192 g/mol. The summed E-state index contributed by atoms with van der Waals surface area (Å²) in [6, 6.07) is 0.763. The number of hydrogen-bond donors (Lipinski definition) is 1. The van der Waals surface area contributed by atoms with Crippen molar-refractivity contribution in [1.82, 2.24) is 10.2 Å². The van der Waals surface area contributed by atoms with E-state index < -0.39 is 0 Å². The van der Waals surface area contributed by atoms with E-state index in [1.165, 1.54) is 0 Å². The van der Waals surface area contributed by atoms with E-state index in [0.717, 1.165) is 19.4 Å². The van der Waals surface area contributed by atoms with Crippen LogP contribution in [-0.2, 0) is 9.53 Å². The van der Waals surface area contributed by atoms with Crippen molar-refractivity contribution in [3.8, 4) is 0 Å². The fourth-order valence-corrected chi connectivity index (χ4v) is 2.10. The Bertz CT molecular complexity index is 231. The van der Waals surface area contributed by atoms with Crippen LogP contribution < -0.4 is 5.32 Å². The van der Waals surface area contributed by atoms with Crippen LogP contribution in [0.2, 0.25) is 0 Å². The molecule has 1 saturated heterocycles. The molecule has 4 nitrogen and oxygen atoms in total. The first-order valence-electron chi connectivity index (χ1n) is 5.84. The molecule has 2 fully saturated rings. The first-order valence-corrected chi connectivity index (χ1v) is 5.84. The number of hydrogen-bond acceptors (Lipinski definition) is 3. The van der Waals surface area contributed by atoms with Crippen molar-refractivity contribution in [2.45, 2.75) is 44.9 Å². The van der Waals surface area contributed by atoms with Crippen LogP contribution >= 0.6 is 0 Å². The standard InChI is InChI=1S/C11H20N2O2/c1-8(2)13(9-3-4-9)11(14)10-7-12-5-6-15-10/h8-10,12H,3-7H2,1-2H3. The number of amides is 1. The quantitative estimate of drug-likeness (QED) is 0.735. The summed E-state index contributed by atoms with van der Waals surface area (Å²) in [4.78, 5) is 14.2. The average Bonchev–Trinajstić information content (AvgIpc) is 3.03. The van der Waals surface area contributed by atoms with Gasteiger partial charge in [0.25, 0.3) is 5.91 Å². The van der Waals surface area contributed by atoms with Crippen molar-refractivity contribution < 1.29 is 9.53 Å². The van der Waals surface area contributed by atoms with Crippen molar-refractivity contribution >= 4 is 5.91 Å². The zero-order chi connectivity index (χ0) is 10.8. The minimum atomic E-state index is -0.262. The van der Waals surface area contributed by atoms with Crippen LogP contribution in [0.1, 0.15) is 26.7 Å². The summed E-state index contributed by atoms with van der Waals surface area (Å²) in [5.41, 5.74) is 0. The average molecular weight is 212 g/mol. The van der Waals surface area contributed by atoms with Crippen molar-refractivity contribution in [1.29, 1.82) is 0 Å². The molecule has 15 heavy (non-hydrogen) atoms. The third-order valence-corrected chi connectivity index (χ3v) is 2.95. The number of ether oxygens (including phenoxy) is 1. The highest BCUT2D eigenvalue weighted by Crippen LogP contribution is 2.29. The molecule has 1 unspecified atom stereocenters. The van der Waals surface area contributed by atoms with Crippen LogP contribution in [-0.4, -0.2) is 48.7 Å². The van der Waals surface area contributed by atoms with Crippen molar-refractivity contribution in [3.63, 3.8) is 0 Å². The van der Waals surface area contributed by atoms with Gasteiger partial charge in [-0.15, -0.1) is 0 Å². The first-order chi connectivity index (χ1) is 7.20. The monoisotopic (exact) mass is 212 g/mol. The van der Waals surface area contributed by atoms with Gasteiger partial charge >= 0.3 is 0 Å². The Morgan fingerprint density at radius 1 is 1.47 bits per heavy atom. The second kappa shape index (κ2) is 4.49. The Morgan fingerprint density at radius 3 is 2.67 bits per heavy atom. The molecule has 1 saturated carbocycles. The molecule has 4 heteroatoms. The smallest absolute Gasteiger partial charge is 0.253 e. The summed E-state index contributed by atoms with van der Waals surface area (Å²) >= 11 is 0. The van der Waals surface area contributed by atoms with Gasteiger partial charge in [-0.1, -0.05) is 0 Å². The van der Waals surface area contributed by atoms with Gasteiger partial charge in [0.15, 0.2) is 0 Å². The van der Waals surface area contributed by atoms with Gasteiger partial charge < -0.3 is 15.0 Å². The minimum Gasteiger partial charge on any atom is -0.366 e. The highest BCUT2D eigenvalue weighted by atomic mass is 16.5. The molecule has 0 radical (unpaired) electrons. The number of carbonyl (C=O) groups is 1. The second-order valence-electron chi connectivity index (χ2n) is 4.63. The van der Waals surface area contributed by atoms with Crippen LogP contribution in [0.15, 0.2) is 0 Å². The highest BCUT2D eigenvalue weighted by molar-refractivity contribution is 5.82. The lowest BCUT2D eigenvalue weighted by Gasteiger charge is -2.32. The van der Waals surface area contributed by atoms with Gasteiger partial charge in [0.05, 0.1) is 6.61 Å². The highest BCUT2D eigenvalue weighted by Gasteiger charge is 2.38. The van der Waals surface area contributed by atoms with Gasteiger partial charge in [-0.25, -0.2) is 0 Å². The lowest BCUT2D eigenvalue weighted by molar-refractivity contribution is -0.147. The lowest BCUT2D eigenvalue weighted by Crippen LogP contribution is -2.52. The summed E-state index contributed by atoms with van der Waals surface area (Å²) in [5, 5.41) is 3.20. The summed E-state index contributed by atoms with van der Waals surface area (Å²) < 4.78 is 5.50. The van der Waals surface area contributed by atoms with E-state index in [2.05, 4.69) is 19.2 Å². The number of carbonyl (C=O) groups excluding carboxylic acids is 1. The molecule has 1 amide bonds. The Hall–Kier alpha value is -0.610. The maximum atomic E-state index is 12.2. The molecule has 1 heterocycles. The molecule has 1 aliphatic heterocycles. The zero-order valence-corrected chi connectivity index (χ0v) is 9.53. The summed E-state index contributed by atoms with van der Waals surface area (Å²) in [6.07, 6.45) is 2.05. The van der Waals surface area contributed by atoms with E-state index in [9.17, 15) is 4.79 Å². The first kappa shape index (κ1) is 10.9. The molecule has 2 rings (SSSR count). The minimum absolute atomic E-state index is 0.166. The third-order valence-electron chi connectivity index (χ3n) is 2.95. The largest absolute Gasteiger partial charge is 0.366 e. The van der Waals surface area contributed by atoms with E-state index >= 15 is 0 Å². The Balaban J connectivity index is 1.96. The van der Waals surface area contributed by atoms with Gasteiger partial charge in [-0.2, -0.15) is 0 Å². The molecule has 0 spiro atoms. The zero-order valence-electron chi connectivity index (χ0n) is 9.53. The fraction of sp³-hybridized carbons (Fsp3) is 0.909. The normalized spacial score (nSPS) is 26.7. The lowest BCUT2D eigenvalue weighted by atomic mass is 10.2. The number of rotatable bonds is 3. The van der Waals surface area contributed by atoms with Crippen molar-refractivity contribution in [3.05, 3.63) is 0 Å². The molecule has 2 aliphatic rings. The van der Waals surface area contributed by atoms with E-state index in [1.54, 1.807) is 0 Å². The van der Waals surface area contributed by atoms with Crippen LogP contribution in [0, 0.1) is 0 Å². The van der Waals surface area contributed by atoms with E-state index in [4.69, 9.17) is 4.74 Å². The van der Waals surface area contributed by atoms with Crippen LogP contribution in [0.5, 0.6) is 0 Å². The van der Waals surface area contributed by atoms with Crippen molar-refractivity contribution in [2.75, 3.05) is 19.7 Å². The van der Waals surface area contributed by atoms with Gasteiger partial charge in [0, 0.05) is 25.2 Å². The Labute approximate surface area is 91.0 Å². The van der Waals surface area contributed by atoms with Gasteiger partial charge in [0.1, 0.15) is 6.10 Å². The number of nitrogens with one attached hydrogen (secondary N) is 1. The molecular formula is C11H20N2O2. The van der Waals surface area contributed by atoms with Crippen LogP contribution in [0.4, 0.5) is 0 Å². The predicted octanol–water partition coefficient (Wildman–Crippen LogP) is 0.374. The molecule has 0 bridgehead atoms. The maximum absolute atomic E-state index is 12.2. The predicted molar refractivity (Wildman–Crippen MR) is 57.6 cm³/mol. The Morgan fingerprint density at radius 2 is 2.20 bits per heavy atom. The summed E-state index contributed by atoms with van der Waals surface area (Å²) in [5.74, 6) is 0.166. The molecule has 0 aromatic rings. The number of morpholine rings is 1. The summed E-state index contributed by atoms with van der Waals surface area (Å²) in [7, 11) is 0. The van der Waals surface area contributed by atoms with Crippen LogP contribution in [0.25, 0.3) is 0 Å². The van der Waals surface area contributed by atoms with Gasteiger partial charge in [-0.3, -0.25) is 4.79 Å². The van der Waals surface area contributed by atoms with Crippen molar-refractivity contribution in [2.24, 2.45) is 0 Å². The van der Waals surface area contributed by atoms with E-state index in [0.29, 0.717) is 19.2 Å². The fourth-order valence-electron chi connectivity index (χ4n) is 2.10. The third kappa shape index (κ3) is 2.49. The molecule has 86 valence electrons. The van der Waals surface area contributed by atoms with Gasteiger partial charge in [0.2, 0.25) is 0 Å². The second-order valence-corrected chi connectivity index (χ2v) is 4.63. The molecule has 0 aromatic heterocycles. The van der Waals surface area contributed by atoms with Gasteiger partial charge in [-0.05, 0) is 26.7 Å². The summed E-state index contributed by atoms with van der Waals surface area (Å²) in [6.45, 7) is 6.32.